The summed E-state index contributed by atoms with van der Waals surface area (Å²) in [5, 5.41) is 0. The molecule has 0 amide bonds. The second-order valence-corrected chi connectivity index (χ2v) is 2.81. The van der Waals surface area contributed by atoms with Gasteiger partial charge in [-0.15, -0.1) is 0 Å². The molecule has 0 N–H and O–H groups in total. The van der Waals surface area contributed by atoms with Crippen molar-refractivity contribution in [3.63, 3.8) is 0 Å². The maximum absolute atomic E-state index is 11.5. The molecule has 74 valence electrons. The molecule has 0 spiro atoms. The van der Waals surface area contributed by atoms with E-state index in [-0.39, 0.29) is 6.42 Å². The number of para-hydroxylation sites is 1. The van der Waals surface area contributed by atoms with Crippen LogP contribution in [0, 0.1) is 0 Å². The molecule has 3 nitrogen and oxygen atoms in total. The summed E-state index contributed by atoms with van der Waals surface area (Å²) in [6.07, 6.45) is 0.219. The molecule has 1 rings (SSSR count). The molecule has 1 aromatic carbocycles. The Morgan fingerprint density at radius 2 is 1.93 bits per heavy atom. The Kier molecular flexibility index (Phi) is 3.40. The van der Waals surface area contributed by atoms with Crippen molar-refractivity contribution in [1.82, 2.24) is 0 Å². The van der Waals surface area contributed by atoms with Crippen LogP contribution in [-0.2, 0) is 4.79 Å². The maximum Gasteiger partial charge on any atom is 0.232 e. The quantitative estimate of drug-likeness (QED) is 0.540. The topological polar surface area (TPSA) is 43.4 Å². The number of carbonyl (C=O) groups is 2. The van der Waals surface area contributed by atoms with Crippen molar-refractivity contribution in [2.24, 2.45) is 0 Å². The molecule has 14 heavy (non-hydrogen) atoms. The van der Waals surface area contributed by atoms with Gasteiger partial charge < -0.3 is 4.74 Å². The molecule has 0 radical (unpaired) electrons. The van der Waals surface area contributed by atoms with Gasteiger partial charge >= 0.3 is 0 Å². The van der Waals surface area contributed by atoms with Crippen molar-refractivity contribution < 1.29 is 14.3 Å². The lowest BCUT2D eigenvalue weighted by Gasteiger charge is -2.05. The van der Waals surface area contributed by atoms with Crippen molar-refractivity contribution in [3.05, 3.63) is 29.8 Å². The summed E-state index contributed by atoms with van der Waals surface area (Å²) in [6.45, 7) is 1.66. The van der Waals surface area contributed by atoms with Crippen LogP contribution >= 0.6 is 0 Å². The minimum atomic E-state index is -0.482. The zero-order valence-electron chi connectivity index (χ0n) is 8.24. The highest BCUT2D eigenvalue weighted by Crippen LogP contribution is 2.18. The molecule has 0 unspecified atom stereocenters. The van der Waals surface area contributed by atoms with Gasteiger partial charge in [0.25, 0.3) is 0 Å². The van der Waals surface area contributed by atoms with Gasteiger partial charge in [-0.2, -0.15) is 0 Å². The fourth-order valence-corrected chi connectivity index (χ4v) is 1.14. The molecule has 0 saturated carbocycles. The third-order valence-corrected chi connectivity index (χ3v) is 1.93. The van der Waals surface area contributed by atoms with Crippen LogP contribution in [0.2, 0.25) is 0 Å². The molecule has 0 aliphatic rings. The van der Waals surface area contributed by atoms with Crippen LogP contribution in [0.4, 0.5) is 0 Å². The Labute approximate surface area is 82.7 Å². The molecule has 0 atom stereocenters. The number of methoxy groups -OCH3 is 1. The van der Waals surface area contributed by atoms with Crippen LogP contribution in [0.1, 0.15) is 23.7 Å². The van der Waals surface area contributed by atoms with Crippen molar-refractivity contribution in [2.45, 2.75) is 13.3 Å². The van der Waals surface area contributed by atoms with E-state index in [1.807, 2.05) is 0 Å². The van der Waals surface area contributed by atoms with Crippen molar-refractivity contribution >= 4 is 11.6 Å². The van der Waals surface area contributed by atoms with Gasteiger partial charge in [0, 0.05) is 6.42 Å². The molecule has 0 aromatic heterocycles. The first-order valence-corrected chi connectivity index (χ1v) is 4.41. The Hall–Kier alpha value is -1.64. The van der Waals surface area contributed by atoms with Crippen LogP contribution in [0.5, 0.6) is 5.75 Å². The minimum absolute atomic E-state index is 0.219. The molecule has 1 aromatic rings. The number of hydrogen-bond acceptors (Lipinski definition) is 3. The second kappa shape index (κ2) is 4.56. The monoisotopic (exact) mass is 192 g/mol. The van der Waals surface area contributed by atoms with Crippen LogP contribution in [0.15, 0.2) is 24.3 Å². The lowest BCUT2D eigenvalue weighted by molar-refractivity contribution is -0.114. The van der Waals surface area contributed by atoms with E-state index in [4.69, 9.17) is 4.74 Å². The van der Waals surface area contributed by atoms with Crippen LogP contribution < -0.4 is 4.74 Å². The summed E-state index contributed by atoms with van der Waals surface area (Å²) in [4.78, 5) is 22.7. The van der Waals surface area contributed by atoms with E-state index in [9.17, 15) is 9.59 Å². The Morgan fingerprint density at radius 1 is 1.29 bits per heavy atom. The fraction of sp³-hybridized carbons (Fsp3) is 0.273. The number of rotatable bonds is 4. The van der Waals surface area contributed by atoms with Gasteiger partial charge in [-0.3, -0.25) is 9.59 Å². The zero-order chi connectivity index (χ0) is 10.6. The zero-order valence-corrected chi connectivity index (χ0v) is 8.24. The van der Waals surface area contributed by atoms with E-state index in [0.29, 0.717) is 11.3 Å². The molecule has 0 aliphatic heterocycles. The summed E-state index contributed by atoms with van der Waals surface area (Å²) < 4.78 is 4.99. The number of ketones is 2. The van der Waals surface area contributed by atoms with E-state index in [1.54, 1.807) is 31.2 Å². The number of benzene rings is 1. The van der Waals surface area contributed by atoms with Gasteiger partial charge in [-0.05, 0) is 12.1 Å². The predicted octanol–water partition coefficient (Wildman–Crippen LogP) is 1.86. The van der Waals surface area contributed by atoms with Gasteiger partial charge in [0.15, 0.2) is 0 Å². The Bertz CT molecular complexity index is 355. The minimum Gasteiger partial charge on any atom is -0.496 e. The molecule has 0 bridgehead atoms. The van der Waals surface area contributed by atoms with Crippen molar-refractivity contribution in [1.29, 1.82) is 0 Å². The number of carbonyl (C=O) groups excluding carboxylic acids is 2. The largest absolute Gasteiger partial charge is 0.496 e. The normalized spacial score (nSPS) is 9.57. The summed E-state index contributed by atoms with van der Waals surface area (Å²) in [5.74, 6) is -0.432. The lowest BCUT2D eigenvalue weighted by atomic mass is 10.1. The Morgan fingerprint density at radius 3 is 2.50 bits per heavy atom. The first-order valence-electron chi connectivity index (χ1n) is 4.41. The van der Waals surface area contributed by atoms with Crippen LogP contribution in [0.25, 0.3) is 0 Å². The predicted molar refractivity (Wildman–Crippen MR) is 52.6 cm³/mol. The van der Waals surface area contributed by atoms with Crippen molar-refractivity contribution in [2.75, 3.05) is 7.11 Å². The highest BCUT2D eigenvalue weighted by atomic mass is 16.5. The van der Waals surface area contributed by atoms with Crippen LogP contribution in [-0.4, -0.2) is 18.7 Å². The maximum atomic E-state index is 11.5. The summed E-state index contributed by atoms with van der Waals surface area (Å²) >= 11 is 0. The molecule has 0 fully saturated rings. The number of hydrogen-bond donors (Lipinski definition) is 0. The summed E-state index contributed by atoms with van der Waals surface area (Å²) in [6, 6.07) is 6.72. The third-order valence-electron chi connectivity index (χ3n) is 1.93. The van der Waals surface area contributed by atoms with Gasteiger partial charge in [0.05, 0.1) is 12.7 Å². The van der Waals surface area contributed by atoms with Crippen molar-refractivity contribution in [3.8, 4) is 5.75 Å². The average molecular weight is 192 g/mol. The van der Waals surface area contributed by atoms with Gasteiger partial charge in [0.2, 0.25) is 11.6 Å². The van der Waals surface area contributed by atoms with Gasteiger partial charge in [0.1, 0.15) is 5.75 Å². The van der Waals surface area contributed by atoms with E-state index >= 15 is 0 Å². The average Bonchev–Trinajstić information content (AvgIpc) is 2.26. The van der Waals surface area contributed by atoms with E-state index in [2.05, 4.69) is 0 Å². The molecular weight excluding hydrogens is 180 g/mol. The van der Waals surface area contributed by atoms with E-state index < -0.39 is 11.6 Å². The summed E-state index contributed by atoms with van der Waals surface area (Å²) in [5.41, 5.74) is 0.335. The van der Waals surface area contributed by atoms with Gasteiger partial charge in [-0.1, -0.05) is 19.1 Å². The van der Waals surface area contributed by atoms with Gasteiger partial charge in [-0.25, -0.2) is 0 Å². The molecule has 3 heteroatoms. The van der Waals surface area contributed by atoms with E-state index in [0.717, 1.165) is 0 Å². The number of ether oxygens (including phenoxy) is 1. The molecule has 0 heterocycles. The molecule has 0 saturated heterocycles. The summed E-state index contributed by atoms with van der Waals surface area (Å²) in [7, 11) is 1.47. The standard InChI is InChI=1S/C11H12O3/c1-3-9(12)11(13)8-6-4-5-7-10(8)14-2/h4-7H,3H2,1-2H3. The lowest BCUT2D eigenvalue weighted by Crippen LogP contribution is -2.13. The first-order chi connectivity index (χ1) is 6.70. The highest BCUT2D eigenvalue weighted by Gasteiger charge is 2.17. The van der Waals surface area contributed by atoms with E-state index in [1.165, 1.54) is 7.11 Å². The number of Topliss-reactive ketones (excluding diaryl/α,β-unsaturated/α-hetero) is 2. The second-order valence-electron chi connectivity index (χ2n) is 2.81. The SMILES string of the molecule is CCC(=O)C(=O)c1ccccc1OC. The Balaban J connectivity index is 3.06. The first kappa shape index (κ1) is 10.4. The third kappa shape index (κ3) is 1.99. The fourth-order valence-electron chi connectivity index (χ4n) is 1.14. The van der Waals surface area contributed by atoms with Crippen LogP contribution in [0.3, 0.4) is 0 Å². The highest BCUT2D eigenvalue weighted by molar-refractivity contribution is 6.44. The smallest absolute Gasteiger partial charge is 0.232 e. The molecular formula is C11H12O3. The molecule has 0 aliphatic carbocycles.